The molecule has 178 valence electrons. The highest BCUT2D eigenvalue weighted by molar-refractivity contribution is 6.30. The minimum Gasteiger partial charge on any atom is -0.497 e. The Balaban J connectivity index is 1.61. The Morgan fingerprint density at radius 3 is 2.49 bits per heavy atom. The van der Waals surface area contributed by atoms with Gasteiger partial charge in [0.25, 0.3) is 11.8 Å². The van der Waals surface area contributed by atoms with E-state index in [9.17, 15) is 14.4 Å². The van der Waals surface area contributed by atoms with Crippen LogP contribution in [0.25, 0.3) is 5.69 Å². The number of hydrogen-bond donors (Lipinski definition) is 0. The molecule has 0 unspecified atom stereocenters. The van der Waals surface area contributed by atoms with E-state index < -0.39 is 23.8 Å². The van der Waals surface area contributed by atoms with Crippen LogP contribution in [0, 0.1) is 6.92 Å². The number of fused-ring (bicyclic) bond motifs is 3. The fourth-order valence-corrected chi connectivity index (χ4v) is 4.26. The summed E-state index contributed by atoms with van der Waals surface area (Å²) in [6, 6.07) is 11.9. The lowest BCUT2D eigenvalue weighted by atomic mass is 10.00. The summed E-state index contributed by atoms with van der Waals surface area (Å²) in [4.78, 5) is 46.6. The van der Waals surface area contributed by atoms with E-state index in [0.29, 0.717) is 33.2 Å². The number of halogens is 1. The lowest BCUT2D eigenvalue weighted by Crippen LogP contribution is -2.32. The number of rotatable bonds is 5. The highest BCUT2D eigenvalue weighted by Crippen LogP contribution is 2.34. The normalized spacial score (nSPS) is 16.9. The van der Waals surface area contributed by atoms with Crippen molar-refractivity contribution in [1.82, 2.24) is 19.8 Å². The van der Waals surface area contributed by atoms with Crippen molar-refractivity contribution in [2.45, 2.75) is 32.2 Å². The number of hydroxylamine groups is 2. The second-order valence-electron chi connectivity index (χ2n) is 8.07. The van der Waals surface area contributed by atoms with Gasteiger partial charge in [0.05, 0.1) is 24.9 Å². The average molecular weight is 494 g/mol. The first-order valence-electron chi connectivity index (χ1n) is 10.9. The van der Waals surface area contributed by atoms with Crippen LogP contribution in [0.5, 0.6) is 5.75 Å². The maximum absolute atomic E-state index is 12.8. The molecule has 0 radical (unpaired) electrons. The summed E-state index contributed by atoms with van der Waals surface area (Å²) in [6.45, 7) is 1.80. The maximum atomic E-state index is 12.8. The van der Waals surface area contributed by atoms with Crippen LogP contribution in [0.1, 0.15) is 48.1 Å². The molecule has 2 amide bonds. The van der Waals surface area contributed by atoms with Crippen molar-refractivity contribution in [3.63, 3.8) is 0 Å². The molecule has 0 spiro atoms. The van der Waals surface area contributed by atoms with Gasteiger partial charge in [0.2, 0.25) is 0 Å². The molecule has 11 heteroatoms. The number of nitrogens with zero attached hydrogens (tertiary/aromatic N) is 5. The molecule has 10 nitrogen and oxygen atoms in total. The topological polar surface area (TPSA) is 116 Å². The molecule has 3 heterocycles. The number of amides is 2. The fraction of sp³-hybridized carbons (Fsp3) is 0.250. The van der Waals surface area contributed by atoms with Gasteiger partial charge in [0.15, 0.2) is 5.82 Å². The van der Waals surface area contributed by atoms with Gasteiger partial charge in [-0.2, -0.15) is 0 Å². The standard InChI is InChI=1S/C24H20ClN5O5/c1-13-27-28-24-18(12-22(33)35-30-20(31)9-10-21(30)32)26-23(14-3-5-15(25)6-4-14)17-11-16(34-2)7-8-19(17)29(13)24/h3-8,11,18H,9-10,12H2,1-2H3/t18-/m0/s1. The summed E-state index contributed by atoms with van der Waals surface area (Å²) in [6.07, 6.45) is -0.241. The molecule has 1 aromatic heterocycles. The molecule has 35 heavy (non-hydrogen) atoms. The van der Waals surface area contributed by atoms with Crippen LogP contribution in [-0.2, 0) is 19.2 Å². The number of aryl methyl sites for hydroxylation is 1. The van der Waals surface area contributed by atoms with Crippen LogP contribution in [0.3, 0.4) is 0 Å². The molecule has 1 fully saturated rings. The number of hydrogen-bond acceptors (Lipinski definition) is 8. The number of imide groups is 1. The fourth-order valence-electron chi connectivity index (χ4n) is 4.13. The van der Waals surface area contributed by atoms with Crippen LogP contribution >= 0.6 is 11.6 Å². The molecule has 0 N–H and O–H groups in total. The van der Waals surface area contributed by atoms with Gasteiger partial charge >= 0.3 is 5.97 Å². The third-order valence-corrected chi connectivity index (χ3v) is 6.06. The van der Waals surface area contributed by atoms with Gasteiger partial charge in [-0.05, 0) is 37.3 Å². The molecule has 0 saturated carbocycles. The first-order chi connectivity index (χ1) is 16.9. The first kappa shape index (κ1) is 22.7. The van der Waals surface area contributed by atoms with Crippen molar-refractivity contribution in [3.8, 4) is 11.4 Å². The molecule has 2 aliphatic heterocycles. The summed E-state index contributed by atoms with van der Waals surface area (Å²) >= 11 is 6.11. The summed E-state index contributed by atoms with van der Waals surface area (Å²) in [5, 5.41) is 9.59. The Labute approximate surface area is 205 Å². The Bertz CT molecular complexity index is 1370. The van der Waals surface area contributed by atoms with Crippen molar-refractivity contribution in [1.29, 1.82) is 0 Å². The summed E-state index contributed by atoms with van der Waals surface area (Å²) in [5.74, 6) is -0.229. The van der Waals surface area contributed by atoms with Crippen LogP contribution in [0.15, 0.2) is 47.5 Å². The van der Waals surface area contributed by atoms with E-state index >= 15 is 0 Å². The SMILES string of the molecule is COc1ccc2c(c1)C(c1ccc(Cl)cc1)=N[C@@H](CC(=O)ON1C(=O)CCC1=O)c1nnc(C)n1-2. The molecule has 2 aliphatic rings. The second kappa shape index (κ2) is 8.95. The third kappa shape index (κ3) is 4.17. The molecule has 0 aliphatic carbocycles. The minimum atomic E-state index is -0.805. The number of benzene rings is 2. The van der Waals surface area contributed by atoms with Crippen LogP contribution in [-0.4, -0.2) is 50.4 Å². The van der Waals surface area contributed by atoms with Gasteiger partial charge in [-0.1, -0.05) is 23.7 Å². The number of aromatic nitrogens is 3. The second-order valence-corrected chi connectivity index (χ2v) is 8.51. The van der Waals surface area contributed by atoms with Crippen molar-refractivity contribution in [3.05, 3.63) is 70.3 Å². The Morgan fingerprint density at radius 2 is 1.80 bits per heavy atom. The van der Waals surface area contributed by atoms with E-state index in [2.05, 4.69) is 10.2 Å². The molecular weight excluding hydrogens is 474 g/mol. The monoisotopic (exact) mass is 493 g/mol. The van der Waals surface area contributed by atoms with Gasteiger partial charge in [-0.15, -0.1) is 15.3 Å². The quantitative estimate of drug-likeness (QED) is 0.501. The number of ether oxygens (including phenoxy) is 1. The van der Waals surface area contributed by atoms with Gasteiger partial charge in [0, 0.05) is 29.0 Å². The largest absolute Gasteiger partial charge is 0.497 e. The Morgan fingerprint density at radius 1 is 1.09 bits per heavy atom. The molecule has 1 atom stereocenters. The first-order valence-corrected chi connectivity index (χ1v) is 11.2. The number of methoxy groups -OCH3 is 1. The van der Waals surface area contributed by atoms with Crippen LogP contribution < -0.4 is 4.74 Å². The lowest BCUT2D eigenvalue weighted by Gasteiger charge is -2.15. The molecule has 0 bridgehead atoms. The van der Waals surface area contributed by atoms with E-state index in [-0.39, 0.29) is 19.3 Å². The number of carbonyl (C=O) groups excluding carboxylic acids is 3. The highest BCUT2D eigenvalue weighted by Gasteiger charge is 2.35. The molecule has 3 aromatic rings. The maximum Gasteiger partial charge on any atom is 0.335 e. The number of carbonyl (C=O) groups is 3. The Hall–Kier alpha value is -4.05. The van der Waals surface area contributed by atoms with Crippen molar-refractivity contribution >= 4 is 35.1 Å². The highest BCUT2D eigenvalue weighted by atomic mass is 35.5. The van der Waals surface area contributed by atoms with Crippen LogP contribution in [0.2, 0.25) is 5.02 Å². The number of aliphatic imine (C=N–C) groups is 1. The van der Waals surface area contributed by atoms with Gasteiger partial charge in [-0.3, -0.25) is 19.1 Å². The average Bonchev–Trinajstić information content (AvgIpc) is 3.34. The predicted octanol–water partition coefficient (Wildman–Crippen LogP) is 3.13. The zero-order valence-electron chi connectivity index (χ0n) is 18.9. The van der Waals surface area contributed by atoms with Gasteiger partial charge in [0.1, 0.15) is 17.6 Å². The van der Waals surface area contributed by atoms with Gasteiger partial charge < -0.3 is 9.57 Å². The zero-order valence-corrected chi connectivity index (χ0v) is 19.7. The van der Waals surface area contributed by atoms with E-state index in [1.54, 1.807) is 26.2 Å². The summed E-state index contributed by atoms with van der Waals surface area (Å²) in [7, 11) is 1.58. The third-order valence-electron chi connectivity index (χ3n) is 5.81. The smallest absolute Gasteiger partial charge is 0.335 e. The van der Waals surface area contributed by atoms with Crippen molar-refractivity contribution in [2.24, 2.45) is 4.99 Å². The van der Waals surface area contributed by atoms with Crippen molar-refractivity contribution in [2.75, 3.05) is 7.11 Å². The van der Waals surface area contributed by atoms with E-state index in [1.807, 2.05) is 34.9 Å². The molecule has 1 saturated heterocycles. The lowest BCUT2D eigenvalue weighted by molar-refractivity contribution is -0.197. The van der Waals surface area contributed by atoms with Crippen molar-refractivity contribution < 1.29 is 24.0 Å². The van der Waals surface area contributed by atoms with E-state index in [1.165, 1.54) is 0 Å². The van der Waals surface area contributed by atoms with Crippen LogP contribution in [0.4, 0.5) is 0 Å². The van der Waals surface area contributed by atoms with E-state index in [4.69, 9.17) is 26.2 Å². The zero-order chi connectivity index (χ0) is 24.7. The molecular formula is C24H20ClN5O5. The Kier molecular flexibility index (Phi) is 5.81. The molecule has 5 rings (SSSR count). The minimum absolute atomic E-state index is 0.0130. The van der Waals surface area contributed by atoms with E-state index in [0.717, 1.165) is 16.8 Å². The summed E-state index contributed by atoms with van der Waals surface area (Å²) in [5.41, 5.74) is 2.87. The van der Waals surface area contributed by atoms with Gasteiger partial charge in [-0.25, -0.2) is 4.79 Å². The summed E-state index contributed by atoms with van der Waals surface area (Å²) < 4.78 is 7.27. The molecule has 2 aromatic carbocycles. The predicted molar refractivity (Wildman–Crippen MR) is 124 cm³/mol.